The highest BCUT2D eigenvalue weighted by Crippen LogP contribution is 2.30. The summed E-state index contributed by atoms with van der Waals surface area (Å²) in [6, 6.07) is 7.07. The van der Waals surface area contributed by atoms with Crippen LogP contribution < -0.4 is 4.90 Å². The van der Waals surface area contributed by atoms with Crippen molar-refractivity contribution in [3.63, 3.8) is 0 Å². The predicted octanol–water partition coefficient (Wildman–Crippen LogP) is 0.850. The summed E-state index contributed by atoms with van der Waals surface area (Å²) in [7, 11) is 0. The Balaban J connectivity index is 1.95. The Morgan fingerprint density at radius 3 is 2.55 bits per heavy atom. The molecule has 1 N–H and O–H groups in total. The highest BCUT2D eigenvalue weighted by atomic mass is 16.3. The van der Waals surface area contributed by atoms with Crippen LogP contribution in [0.5, 0.6) is 0 Å². The van der Waals surface area contributed by atoms with E-state index < -0.39 is 24.1 Å². The van der Waals surface area contributed by atoms with E-state index in [2.05, 4.69) is 0 Å². The maximum Gasteiger partial charge on any atom is 0.332 e. The zero-order valence-corrected chi connectivity index (χ0v) is 10.7. The van der Waals surface area contributed by atoms with Crippen molar-refractivity contribution in [1.82, 2.24) is 4.90 Å². The normalized spacial score (nSPS) is 25.6. The van der Waals surface area contributed by atoms with Crippen LogP contribution >= 0.6 is 0 Å². The van der Waals surface area contributed by atoms with Gasteiger partial charge in [-0.05, 0) is 37.1 Å². The molecule has 2 saturated heterocycles. The van der Waals surface area contributed by atoms with E-state index >= 15 is 0 Å². The molecule has 6 nitrogen and oxygen atoms in total. The van der Waals surface area contributed by atoms with Gasteiger partial charge in [0, 0.05) is 6.54 Å². The quantitative estimate of drug-likeness (QED) is 0.767. The first kappa shape index (κ1) is 12.6. The Bertz CT molecular complexity index is 605. The van der Waals surface area contributed by atoms with Gasteiger partial charge in [0.1, 0.15) is 6.04 Å². The van der Waals surface area contributed by atoms with Crippen molar-refractivity contribution in [2.75, 3.05) is 11.4 Å². The lowest BCUT2D eigenvalue weighted by Gasteiger charge is -2.30. The number of fused-ring (bicyclic) bond motifs is 1. The third-order valence-electron chi connectivity index (χ3n) is 3.76. The maximum atomic E-state index is 12.4. The van der Waals surface area contributed by atoms with Crippen molar-refractivity contribution in [3.8, 4) is 6.07 Å². The summed E-state index contributed by atoms with van der Waals surface area (Å²) < 4.78 is 0. The zero-order valence-electron chi connectivity index (χ0n) is 10.7. The van der Waals surface area contributed by atoms with Crippen molar-refractivity contribution in [2.45, 2.75) is 25.0 Å². The molecule has 0 bridgehead atoms. The number of rotatable bonds is 1. The number of nitriles is 1. The fourth-order valence-electron chi connectivity index (χ4n) is 2.77. The number of piperidine rings is 1. The van der Waals surface area contributed by atoms with E-state index in [-0.39, 0.29) is 0 Å². The first-order valence-electron chi connectivity index (χ1n) is 6.46. The van der Waals surface area contributed by atoms with Gasteiger partial charge in [0.25, 0.3) is 5.91 Å². The van der Waals surface area contributed by atoms with Crippen LogP contribution in [0.2, 0.25) is 0 Å². The molecule has 2 fully saturated rings. The van der Waals surface area contributed by atoms with Gasteiger partial charge < -0.3 is 10.0 Å². The first-order valence-corrected chi connectivity index (χ1v) is 6.46. The topological polar surface area (TPSA) is 84.6 Å². The van der Waals surface area contributed by atoms with Crippen LogP contribution in [0.15, 0.2) is 24.3 Å². The summed E-state index contributed by atoms with van der Waals surface area (Å²) in [4.78, 5) is 27.2. The summed E-state index contributed by atoms with van der Waals surface area (Å²) in [5.74, 6) is -0.396. The van der Waals surface area contributed by atoms with Gasteiger partial charge in [0.05, 0.1) is 23.4 Å². The second-order valence-corrected chi connectivity index (χ2v) is 4.96. The zero-order chi connectivity index (χ0) is 14.3. The molecule has 6 heteroatoms. The van der Waals surface area contributed by atoms with E-state index in [1.54, 1.807) is 24.3 Å². The van der Waals surface area contributed by atoms with E-state index in [9.17, 15) is 14.7 Å². The highest BCUT2D eigenvalue weighted by molar-refractivity contribution is 6.21. The lowest BCUT2D eigenvalue weighted by molar-refractivity contribution is -0.124. The minimum Gasteiger partial charge on any atom is -0.390 e. The number of aliphatic hydroxyl groups excluding tert-OH is 1. The molecule has 2 unspecified atom stereocenters. The van der Waals surface area contributed by atoms with Gasteiger partial charge in [-0.1, -0.05) is 0 Å². The number of benzene rings is 1. The van der Waals surface area contributed by atoms with Crippen LogP contribution in [0.1, 0.15) is 18.4 Å². The summed E-state index contributed by atoms with van der Waals surface area (Å²) >= 11 is 0. The molecule has 3 rings (SSSR count). The Kier molecular flexibility index (Phi) is 2.92. The molecule has 20 heavy (non-hydrogen) atoms. The minimum absolute atomic E-state index is 0.396. The predicted molar refractivity (Wildman–Crippen MR) is 69.8 cm³/mol. The monoisotopic (exact) mass is 271 g/mol. The third kappa shape index (κ3) is 1.75. The third-order valence-corrected chi connectivity index (χ3v) is 3.76. The van der Waals surface area contributed by atoms with Gasteiger partial charge in [-0.2, -0.15) is 5.26 Å². The number of amides is 3. The molecule has 3 amide bonds. The van der Waals surface area contributed by atoms with Crippen molar-refractivity contribution in [1.29, 1.82) is 5.26 Å². The second kappa shape index (κ2) is 4.62. The Labute approximate surface area is 115 Å². The van der Waals surface area contributed by atoms with Crippen molar-refractivity contribution < 1.29 is 14.7 Å². The molecule has 102 valence electrons. The molecule has 0 aliphatic carbocycles. The van der Waals surface area contributed by atoms with Crippen molar-refractivity contribution >= 4 is 17.6 Å². The summed E-state index contributed by atoms with van der Waals surface area (Å²) in [6.45, 7) is 0.485. The van der Waals surface area contributed by atoms with E-state index in [0.29, 0.717) is 30.6 Å². The van der Waals surface area contributed by atoms with Crippen LogP contribution in [0.3, 0.4) is 0 Å². The molecule has 2 heterocycles. The second-order valence-electron chi connectivity index (χ2n) is 4.96. The molecule has 2 aliphatic heterocycles. The lowest BCUT2D eigenvalue weighted by Crippen LogP contribution is -2.48. The first-order chi connectivity index (χ1) is 9.63. The summed E-state index contributed by atoms with van der Waals surface area (Å²) in [5, 5.41) is 18.7. The SMILES string of the molecule is N#Cc1ccc(N2C(=O)C3C(O)CCCN3C2=O)cc1. The Hall–Kier alpha value is -2.39. The number of imide groups is 1. The number of aliphatic hydroxyl groups is 1. The number of carbonyl (C=O) groups is 2. The van der Waals surface area contributed by atoms with E-state index in [0.717, 1.165) is 4.90 Å². The van der Waals surface area contributed by atoms with Crippen LogP contribution in [-0.4, -0.2) is 40.6 Å². The van der Waals surface area contributed by atoms with Crippen molar-refractivity contribution in [3.05, 3.63) is 29.8 Å². The van der Waals surface area contributed by atoms with Gasteiger partial charge in [-0.15, -0.1) is 0 Å². The maximum absolute atomic E-state index is 12.4. The average Bonchev–Trinajstić information content (AvgIpc) is 2.72. The number of nitrogens with zero attached hydrogens (tertiary/aromatic N) is 3. The fourth-order valence-corrected chi connectivity index (χ4v) is 2.77. The molecule has 2 atom stereocenters. The smallest absolute Gasteiger partial charge is 0.332 e. The van der Waals surface area contributed by atoms with Crippen LogP contribution in [-0.2, 0) is 4.79 Å². The van der Waals surface area contributed by atoms with Gasteiger partial charge in [0.15, 0.2) is 0 Å². The molecule has 0 radical (unpaired) electrons. The lowest BCUT2D eigenvalue weighted by atomic mass is 10.00. The average molecular weight is 271 g/mol. The fraction of sp³-hybridized carbons (Fsp3) is 0.357. The number of urea groups is 1. The van der Waals surface area contributed by atoms with E-state index in [1.165, 1.54) is 4.90 Å². The summed E-state index contributed by atoms with van der Waals surface area (Å²) in [5.41, 5.74) is 0.895. The van der Waals surface area contributed by atoms with Gasteiger partial charge >= 0.3 is 6.03 Å². The van der Waals surface area contributed by atoms with E-state index in [4.69, 9.17) is 5.26 Å². The largest absolute Gasteiger partial charge is 0.390 e. The number of anilines is 1. The highest BCUT2D eigenvalue weighted by Gasteiger charge is 2.50. The van der Waals surface area contributed by atoms with Gasteiger partial charge in [-0.3, -0.25) is 4.79 Å². The molecule has 0 spiro atoms. The number of hydrogen-bond acceptors (Lipinski definition) is 4. The Morgan fingerprint density at radius 1 is 1.25 bits per heavy atom. The Morgan fingerprint density at radius 2 is 1.95 bits per heavy atom. The molecular weight excluding hydrogens is 258 g/mol. The molecule has 0 saturated carbocycles. The standard InChI is InChI=1S/C14H13N3O3/c15-8-9-3-5-10(6-4-9)17-13(19)12-11(18)2-1-7-16(12)14(17)20/h3-6,11-12,18H,1-2,7H2. The van der Waals surface area contributed by atoms with Gasteiger partial charge in [0.2, 0.25) is 0 Å². The molecule has 2 aliphatic rings. The van der Waals surface area contributed by atoms with E-state index in [1.807, 2.05) is 6.07 Å². The number of carbonyl (C=O) groups excluding carboxylic acids is 2. The van der Waals surface area contributed by atoms with Gasteiger partial charge in [-0.25, -0.2) is 9.69 Å². The molecular formula is C14H13N3O3. The van der Waals surface area contributed by atoms with Crippen molar-refractivity contribution in [2.24, 2.45) is 0 Å². The molecule has 1 aromatic carbocycles. The van der Waals surface area contributed by atoms with Crippen LogP contribution in [0.4, 0.5) is 10.5 Å². The molecule has 1 aromatic rings. The summed E-state index contributed by atoms with van der Waals surface area (Å²) in [6.07, 6.45) is 0.419. The molecule has 0 aromatic heterocycles. The number of hydrogen-bond donors (Lipinski definition) is 1. The van der Waals surface area contributed by atoms with Crippen LogP contribution in [0.25, 0.3) is 0 Å². The van der Waals surface area contributed by atoms with Crippen LogP contribution in [0, 0.1) is 11.3 Å². The minimum atomic E-state index is -0.802.